The number of nitriles is 1. The van der Waals surface area contributed by atoms with Crippen molar-refractivity contribution in [2.75, 3.05) is 5.32 Å². The average Bonchev–Trinajstić information content (AvgIpc) is 2.41. The van der Waals surface area contributed by atoms with Crippen molar-refractivity contribution in [2.24, 2.45) is 0 Å². The zero-order valence-corrected chi connectivity index (χ0v) is 12.0. The maximum Gasteiger partial charge on any atom is 0.148 e. The van der Waals surface area contributed by atoms with E-state index in [0.717, 1.165) is 11.4 Å². The van der Waals surface area contributed by atoms with E-state index in [-0.39, 0.29) is 11.3 Å². The fourth-order valence-electron chi connectivity index (χ4n) is 1.69. The first-order valence-electron chi connectivity index (χ1n) is 6.18. The van der Waals surface area contributed by atoms with Crippen LogP contribution in [0.25, 0.3) is 0 Å². The molecule has 1 heterocycles. The molecular formula is C15H14ClN3O. The maximum atomic E-state index is 9.09. The summed E-state index contributed by atoms with van der Waals surface area (Å²) in [5, 5.41) is 12.4. The lowest BCUT2D eigenvalue weighted by molar-refractivity contribution is 0.242. The molecule has 0 radical (unpaired) electrons. The highest BCUT2D eigenvalue weighted by Crippen LogP contribution is 2.25. The van der Waals surface area contributed by atoms with Gasteiger partial charge in [0, 0.05) is 11.9 Å². The van der Waals surface area contributed by atoms with E-state index in [9.17, 15) is 0 Å². The number of pyridine rings is 1. The molecule has 0 saturated carbocycles. The third kappa shape index (κ3) is 3.40. The van der Waals surface area contributed by atoms with Crippen LogP contribution >= 0.6 is 11.6 Å². The number of rotatable bonds is 4. The summed E-state index contributed by atoms with van der Waals surface area (Å²) in [6, 6.07) is 11.3. The first-order valence-corrected chi connectivity index (χ1v) is 6.56. The fraction of sp³-hybridized carbons (Fsp3) is 0.200. The van der Waals surface area contributed by atoms with Gasteiger partial charge in [0.15, 0.2) is 0 Å². The minimum absolute atomic E-state index is 0.137. The van der Waals surface area contributed by atoms with Crippen molar-refractivity contribution < 1.29 is 4.74 Å². The summed E-state index contributed by atoms with van der Waals surface area (Å²) in [6.07, 6.45) is 1.69. The SMILES string of the molecule is CC(C)Oc1ccc(Nc2ccnc(Cl)c2C#N)cc1. The summed E-state index contributed by atoms with van der Waals surface area (Å²) in [6.45, 7) is 3.95. The Morgan fingerprint density at radius 3 is 2.55 bits per heavy atom. The van der Waals surface area contributed by atoms with E-state index in [1.165, 1.54) is 0 Å². The highest BCUT2D eigenvalue weighted by Gasteiger charge is 2.07. The molecule has 0 aliphatic rings. The predicted octanol–water partition coefficient (Wildman–Crippen LogP) is 4.14. The molecule has 0 fully saturated rings. The molecule has 0 unspecified atom stereocenters. The molecule has 0 saturated heterocycles. The Balaban J connectivity index is 2.19. The zero-order chi connectivity index (χ0) is 14.5. The first kappa shape index (κ1) is 14.2. The quantitative estimate of drug-likeness (QED) is 0.859. The molecule has 0 spiro atoms. The van der Waals surface area contributed by atoms with E-state index in [1.54, 1.807) is 12.3 Å². The number of hydrogen-bond donors (Lipinski definition) is 1. The van der Waals surface area contributed by atoms with Crippen molar-refractivity contribution in [2.45, 2.75) is 20.0 Å². The van der Waals surface area contributed by atoms with Crippen LogP contribution in [0.5, 0.6) is 5.75 Å². The van der Waals surface area contributed by atoms with Crippen molar-refractivity contribution in [1.82, 2.24) is 4.98 Å². The monoisotopic (exact) mass is 287 g/mol. The number of benzene rings is 1. The number of nitrogens with one attached hydrogen (secondary N) is 1. The van der Waals surface area contributed by atoms with Gasteiger partial charge in [-0.15, -0.1) is 0 Å². The molecule has 102 valence electrons. The van der Waals surface area contributed by atoms with Crippen LogP contribution in [0.15, 0.2) is 36.5 Å². The highest BCUT2D eigenvalue weighted by molar-refractivity contribution is 6.30. The van der Waals surface area contributed by atoms with E-state index in [4.69, 9.17) is 21.6 Å². The molecule has 4 nitrogen and oxygen atoms in total. The summed E-state index contributed by atoms with van der Waals surface area (Å²) < 4.78 is 5.57. The lowest BCUT2D eigenvalue weighted by Gasteiger charge is -2.12. The molecule has 1 N–H and O–H groups in total. The van der Waals surface area contributed by atoms with Crippen LogP contribution in [0.1, 0.15) is 19.4 Å². The van der Waals surface area contributed by atoms with Gasteiger partial charge in [0.1, 0.15) is 22.5 Å². The van der Waals surface area contributed by atoms with Crippen molar-refractivity contribution in [3.63, 3.8) is 0 Å². The van der Waals surface area contributed by atoms with Crippen LogP contribution < -0.4 is 10.1 Å². The maximum absolute atomic E-state index is 9.09. The zero-order valence-electron chi connectivity index (χ0n) is 11.2. The van der Waals surface area contributed by atoms with Gasteiger partial charge in [-0.3, -0.25) is 0 Å². The van der Waals surface area contributed by atoms with Gasteiger partial charge in [0.05, 0.1) is 11.8 Å². The Hall–Kier alpha value is -2.25. The standard InChI is InChI=1S/C15H14ClN3O/c1-10(2)20-12-5-3-11(4-6-12)19-14-7-8-18-15(16)13(14)9-17/h3-8,10H,1-2H3,(H,18,19). The highest BCUT2D eigenvalue weighted by atomic mass is 35.5. The van der Waals surface area contributed by atoms with Gasteiger partial charge in [0.25, 0.3) is 0 Å². The Labute approximate surface area is 123 Å². The molecule has 1 aromatic carbocycles. The molecule has 0 bridgehead atoms. The van der Waals surface area contributed by atoms with Gasteiger partial charge in [-0.25, -0.2) is 4.98 Å². The van der Waals surface area contributed by atoms with Gasteiger partial charge in [-0.2, -0.15) is 5.26 Å². The van der Waals surface area contributed by atoms with Crippen LogP contribution in [0, 0.1) is 11.3 Å². The topological polar surface area (TPSA) is 57.9 Å². The van der Waals surface area contributed by atoms with Crippen LogP contribution in [-0.2, 0) is 0 Å². The number of anilines is 2. The molecule has 20 heavy (non-hydrogen) atoms. The third-order valence-electron chi connectivity index (χ3n) is 2.52. The van der Waals surface area contributed by atoms with Gasteiger partial charge in [-0.05, 0) is 44.2 Å². The second-order valence-electron chi connectivity index (χ2n) is 4.45. The van der Waals surface area contributed by atoms with E-state index >= 15 is 0 Å². The largest absolute Gasteiger partial charge is 0.491 e. The minimum atomic E-state index is 0.137. The van der Waals surface area contributed by atoms with E-state index in [2.05, 4.69) is 10.3 Å². The van der Waals surface area contributed by atoms with E-state index in [0.29, 0.717) is 11.3 Å². The molecule has 0 amide bonds. The summed E-state index contributed by atoms with van der Waals surface area (Å²) in [4.78, 5) is 3.88. The van der Waals surface area contributed by atoms with E-state index < -0.39 is 0 Å². The van der Waals surface area contributed by atoms with Crippen molar-refractivity contribution in [1.29, 1.82) is 5.26 Å². The second kappa shape index (κ2) is 6.27. The summed E-state index contributed by atoms with van der Waals surface area (Å²) >= 11 is 5.88. The van der Waals surface area contributed by atoms with Gasteiger partial charge in [-0.1, -0.05) is 11.6 Å². The molecule has 5 heteroatoms. The Morgan fingerprint density at radius 2 is 1.95 bits per heavy atom. The lowest BCUT2D eigenvalue weighted by Crippen LogP contribution is -2.05. The number of ether oxygens (including phenoxy) is 1. The van der Waals surface area contributed by atoms with Crippen molar-refractivity contribution in [3.05, 3.63) is 47.2 Å². The first-order chi connectivity index (χ1) is 9.60. The molecule has 0 atom stereocenters. The van der Waals surface area contributed by atoms with Gasteiger partial charge in [0.2, 0.25) is 0 Å². The van der Waals surface area contributed by atoms with Crippen LogP contribution in [0.3, 0.4) is 0 Å². The molecule has 2 rings (SSSR count). The number of nitrogens with zero attached hydrogens (tertiary/aromatic N) is 2. The Bertz CT molecular complexity index is 633. The normalized spacial score (nSPS) is 10.2. The van der Waals surface area contributed by atoms with Gasteiger partial charge >= 0.3 is 0 Å². The predicted molar refractivity (Wildman–Crippen MR) is 79.5 cm³/mol. The summed E-state index contributed by atoms with van der Waals surface area (Å²) in [5.41, 5.74) is 1.81. The molecule has 0 aliphatic heterocycles. The molecule has 1 aromatic heterocycles. The Kier molecular flexibility index (Phi) is 4.44. The molecule has 2 aromatic rings. The fourth-order valence-corrected chi connectivity index (χ4v) is 1.89. The van der Waals surface area contributed by atoms with Crippen LogP contribution in [-0.4, -0.2) is 11.1 Å². The van der Waals surface area contributed by atoms with Gasteiger partial charge < -0.3 is 10.1 Å². The van der Waals surface area contributed by atoms with Crippen molar-refractivity contribution in [3.8, 4) is 11.8 Å². The Morgan fingerprint density at radius 1 is 1.25 bits per heavy atom. The number of aromatic nitrogens is 1. The number of hydrogen-bond acceptors (Lipinski definition) is 4. The lowest BCUT2D eigenvalue weighted by atomic mass is 10.2. The van der Waals surface area contributed by atoms with Crippen molar-refractivity contribution >= 4 is 23.0 Å². The van der Waals surface area contributed by atoms with Crippen LogP contribution in [0.4, 0.5) is 11.4 Å². The molecular weight excluding hydrogens is 274 g/mol. The number of halogens is 1. The minimum Gasteiger partial charge on any atom is -0.491 e. The summed E-state index contributed by atoms with van der Waals surface area (Å²) in [7, 11) is 0. The third-order valence-corrected chi connectivity index (χ3v) is 2.81. The van der Waals surface area contributed by atoms with Crippen LogP contribution in [0.2, 0.25) is 5.15 Å². The van der Waals surface area contributed by atoms with E-state index in [1.807, 2.05) is 44.2 Å². The average molecular weight is 288 g/mol. The molecule has 0 aliphatic carbocycles. The summed E-state index contributed by atoms with van der Waals surface area (Å²) in [5.74, 6) is 0.804. The second-order valence-corrected chi connectivity index (χ2v) is 4.81. The smallest absolute Gasteiger partial charge is 0.148 e.